The van der Waals surface area contributed by atoms with Crippen molar-refractivity contribution in [3.63, 3.8) is 0 Å². The normalized spacial score (nSPS) is 11.7. The third-order valence-corrected chi connectivity index (χ3v) is 3.43. The molecule has 0 aromatic heterocycles. The first-order valence-corrected chi connectivity index (χ1v) is 7.01. The number of nitrogens with zero attached hydrogens (tertiary/aromatic N) is 1. The van der Waals surface area contributed by atoms with E-state index in [-0.39, 0.29) is 11.8 Å². The Hall–Kier alpha value is -2.02. The summed E-state index contributed by atoms with van der Waals surface area (Å²) >= 11 is 0. The summed E-state index contributed by atoms with van der Waals surface area (Å²) in [7, 11) is 1.54. The Bertz CT molecular complexity index is 492. The highest BCUT2D eigenvalue weighted by Crippen LogP contribution is 2.31. The Balaban J connectivity index is 2.91. The maximum Gasteiger partial charge on any atom is 0.225 e. The molecule has 1 atom stereocenters. The fourth-order valence-electron chi connectivity index (χ4n) is 2.29. The second kappa shape index (κ2) is 8.21. The summed E-state index contributed by atoms with van der Waals surface area (Å²) < 4.78 is 5.29. The molecule has 0 spiro atoms. The predicted octanol–water partition coefficient (Wildman–Crippen LogP) is 3.11. The summed E-state index contributed by atoms with van der Waals surface area (Å²) in [4.78, 5) is 11.7. The molecule has 4 heteroatoms. The smallest absolute Gasteiger partial charge is 0.225 e. The number of benzene rings is 1. The Morgan fingerprint density at radius 2 is 2.15 bits per heavy atom. The van der Waals surface area contributed by atoms with Gasteiger partial charge in [-0.25, -0.2) is 0 Å². The molecule has 0 fully saturated rings. The van der Waals surface area contributed by atoms with E-state index in [2.05, 4.69) is 13.0 Å². The second-order valence-electron chi connectivity index (χ2n) is 4.87. The molecule has 108 valence electrons. The Kier molecular flexibility index (Phi) is 6.58. The minimum atomic E-state index is -0.352. The number of carbonyl (C=O) groups is 1. The van der Waals surface area contributed by atoms with Crippen LogP contribution in [0.2, 0.25) is 0 Å². The molecule has 1 amide bonds. The summed E-state index contributed by atoms with van der Waals surface area (Å²) in [6, 6.07) is 7.18. The number of nitriles is 1. The number of primary amides is 1. The van der Waals surface area contributed by atoms with Gasteiger partial charge in [0, 0.05) is 5.56 Å². The summed E-state index contributed by atoms with van der Waals surface area (Å²) in [6.07, 6.45) is 5.10. The zero-order valence-corrected chi connectivity index (χ0v) is 12.2. The van der Waals surface area contributed by atoms with E-state index < -0.39 is 0 Å². The molecule has 20 heavy (non-hydrogen) atoms. The average molecular weight is 274 g/mol. The number of carbonyl (C=O) groups excluding carboxylic acids is 1. The standard InChI is InChI=1S/C16H22N2O2/c1-3-4-5-6-7-14(16(18)19)13-9-8-12(11-17)10-15(13)20-2/h8-10,14H,3-7H2,1-2H3,(H2,18,19). The molecule has 0 radical (unpaired) electrons. The fourth-order valence-corrected chi connectivity index (χ4v) is 2.29. The van der Waals surface area contributed by atoms with Crippen molar-refractivity contribution in [2.45, 2.75) is 44.9 Å². The number of ether oxygens (including phenoxy) is 1. The van der Waals surface area contributed by atoms with Gasteiger partial charge >= 0.3 is 0 Å². The largest absolute Gasteiger partial charge is 0.496 e. The minimum absolute atomic E-state index is 0.343. The Morgan fingerprint density at radius 1 is 1.40 bits per heavy atom. The zero-order valence-electron chi connectivity index (χ0n) is 12.2. The van der Waals surface area contributed by atoms with Crippen molar-refractivity contribution in [1.82, 2.24) is 0 Å². The zero-order chi connectivity index (χ0) is 15.0. The molecule has 0 saturated carbocycles. The van der Waals surface area contributed by atoms with Gasteiger partial charge < -0.3 is 10.5 Å². The first kappa shape index (κ1) is 16.0. The van der Waals surface area contributed by atoms with Crippen molar-refractivity contribution < 1.29 is 9.53 Å². The molecule has 0 bridgehead atoms. The van der Waals surface area contributed by atoms with Crippen LogP contribution in [0.15, 0.2) is 18.2 Å². The van der Waals surface area contributed by atoms with E-state index >= 15 is 0 Å². The van der Waals surface area contributed by atoms with Crippen LogP contribution in [0, 0.1) is 11.3 Å². The number of amides is 1. The molecule has 1 aromatic carbocycles. The molecule has 4 nitrogen and oxygen atoms in total. The van der Waals surface area contributed by atoms with E-state index in [0.717, 1.165) is 37.7 Å². The van der Waals surface area contributed by atoms with Crippen LogP contribution in [0.1, 0.15) is 56.1 Å². The van der Waals surface area contributed by atoms with Crippen LogP contribution in [0.4, 0.5) is 0 Å². The number of hydrogen-bond acceptors (Lipinski definition) is 3. The van der Waals surface area contributed by atoms with E-state index in [1.54, 1.807) is 18.2 Å². The van der Waals surface area contributed by atoms with E-state index in [4.69, 9.17) is 15.7 Å². The van der Waals surface area contributed by atoms with E-state index in [1.165, 1.54) is 7.11 Å². The lowest BCUT2D eigenvalue weighted by Gasteiger charge is -2.17. The number of unbranched alkanes of at least 4 members (excludes halogenated alkanes) is 3. The van der Waals surface area contributed by atoms with Crippen molar-refractivity contribution in [2.75, 3.05) is 7.11 Å². The van der Waals surface area contributed by atoms with Crippen LogP contribution >= 0.6 is 0 Å². The van der Waals surface area contributed by atoms with Gasteiger partial charge in [-0.05, 0) is 18.6 Å². The lowest BCUT2D eigenvalue weighted by molar-refractivity contribution is -0.119. The maximum atomic E-state index is 11.7. The lowest BCUT2D eigenvalue weighted by atomic mass is 9.91. The molecule has 1 unspecified atom stereocenters. The van der Waals surface area contributed by atoms with Crippen molar-refractivity contribution in [3.8, 4) is 11.8 Å². The number of nitrogens with two attached hydrogens (primary N) is 1. The summed E-state index contributed by atoms with van der Waals surface area (Å²) in [5, 5.41) is 8.90. The van der Waals surface area contributed by atoms with Gasteiger partial charge in [-0.1, -0.05) is 38.7 Å². The van der Waals surface area contributed by atoms with Crippen LogP contribution in [-0.4, -0.2) is 13.0 Å². The first-order valence-electron chi connectivity index (χ1n) is 7.01. The molecular formula is C16H22N2O2. The molecule has 1 aromatic rings. The topological polar surface area (TPSA) is 76.1 Å². The van der Waals surface area contributed by atoms with Gasteiger partial charge in [0.25, 0.3) is 0 Å². The number of methoxy groups -OCH3 is 1. The highest BCUT2D eigenvalue weighted by Gasteiger charge is 2.21. The van der Waals surface area contributed by atoms with Gasteiger partial charge in [-0.3, -0.25) is 4.79 Å². The van der Waals surface area contributed by atoms with Gasteiger partial charge in [-0.2, -0.15) is 5.26 Å². The van der Waals surface area contributed by atoms with Gasteiger partial charge in [0.1, 0.15) is 5.75 Å². The van der Waals surface area contributed by atoms with Gasteiger partial charge in [-0.15, -0.1) is 0 Å². The van der Waals surface area contributed by atoms with Gasteiger partial charge in [0.2, 0.25) is 5.91 Å². The molecule has 0 aliphatic heterocycles. The number of hydrogen-bond donors (Lipinski definition) is 1. The molecule has 0 heterocycles. The van der Waals surface area contributed by atoms with Crippen LogP contribution in [0.3, 0.4) is 0 Å². The molecule has 0 aliphatic rings. The van der Waals surface area contributed by atoms with Crippen LogP contribution in [0.5, 0.6) is 5.75 Å². The van der Waals surface area contributed by atoms with Crippen LogP contribution in [0.25, 0.3) is 0 Å². The van der Waals surface area contributed by atoms with E-state index in [1.807, 2.05) is 0 Å². The quantitative estimate of drug-likeness (QED) is 0.740. The highest BCUT2D eigenvalue weighted by molar-refractivity contribution is 5.82. The van der Waals surface area contributed by atoms with Crippen molar-refractivity contribution >= 4 is 5.91 Å². The summed E-state index contributed by atoms with van der Waals surface area (Å²) in [5.41, 5.74) is 6.81. The summed E-state index contributed by atoms with van der Waals surface area (Å²) in [6.45, 7) is 2.15. The van der Waals surface area contributed by atoms with E-state index in [9.17, 15) is 4.79 Å². The average Bonchev–Trinajstić information content (AvgIpc) is 2.46. The van der Waals surface area contributed by atoms with Crippen LogP contribution < -0.4 is 10.5 Å². The van der Waals surface area contributed by atoms with Crippen molar-refractivity contribution in [1.29, 1.82) is 5.26 Å². The highest BCUT2D eigenvalue weighted by atomic mass is 16.5. The third kappa shape index (κ3) is 4.27. The first-order chi connectivity index (χ1) is 9.63. The maximum absolute atomic E-state index is 11.7. The summed E-state index contributed by atoms with van der Waals surface area (Å²) in [5.74, 6) is -0.137. The monoisotopic (exact) mass is 274 g/mol. The Labute approximate surface area is 120 Å². The van der Waals surface area contributed by atoms with Gasteiger partial charge in [0.05, 0.1) is 24.7 Å². The van der Waals surface area contributed by atoms with Crippen LogP contribution in [-0.2, 0) is 4.79 Å². The van der Waals surface area contributed by atoms with E-state index in [0.29, 0.717) is 11.3 Å². The SMILES string of the molecule is CCCCCCC(C(N)=O)c1ccc(C#N)cc1OC. The Morgan fingerprint density at radius 3 is 2.70 bits per heavy atom. The fraction of sp³-hybridized carbons (Fsp3) is 0.500. The predicted molar refractivity (Wildman–Crippen MR) is 78.4 cm³/mol. The second-order valence-corrected chi connectivity index (χ2v) is 4.87. The molecule has 2 N–H and O–H groups in total. The van der Waals surface area contributed by atoms with Crippen molar-refractivity contribution in [2.24, 2.45) is 5.73 Å². The van der Waals surface area contributed by atoms with Crippen molar-refractivity contribution in [3.05, 3.63) is 29.3 Å². The molecule has 0 saturated heterocycles. The minimum Gasteiger partial charge on any atom is -0.496 e. The van der Waals surface area contributed by atoms with Gasteiger partial charge in [0.15, 0.2) is 0 Å². The number of rotatable bonds is 8. The molecule has 1 rings (SSSR count). The molecule has 0 aliphatic carbocycles. The molecular weight excluding hydrogens is 252 g/mol. The third-order valence-electron chi connectivity index (χ3n) is 3.43. The lowest BCUT2D eigenvalue weighted by Crippen LogP contribution is -2.22.